The van der Waals surface area contributed by atoms with Gasteiger partial charge in [-0.05, 0) is 50.0 Å². The number of ether oxygens (including phenoxy) is 1. The first-order valence-electron chi connectivity index (χ1n) is 7.77. The van der Waals surface area contributed by atoms with Crippen molar-refractivity contribution in [3.05, 3.63) is 45.5 Å². The van der Waals surface area contributed by atoms with Gasteiger partial charge in [0.25, 0.3) is 5.69 Å². The molecule has 1 aliphatic heterocycles. The average molecular weight is 334 g/mol. The second-order valence-electron chi connectivity index (χ2n) is 6.66. The van der Waals surface area contributed by atoms with Gasteiger partial charge >= 0.3 is 6.09 Å². The van der Waals surface area contributed by atoms with E-state index in [2.05, 4.69) is 0 Å². The number of rotatable bonds is 3. The lowest BCUT2D eigenvalue weighted by Gasteiger charge is -2.30. The molecule has 0 fully saturated rings. The highest BCUT2D eigenvalue weighted by Gasteiger charge is 2.24. The van der Waals surface area contributed by atoms with E-state index < -0.39 is 10.5 Å². The number of non-ortho nitro benzene ring substituents is 1. The molecule has 130 valence electrons. The van der Waals surface area contributed by atoms with Crippen LogP contribution in [0.15, 0.2) is 24.3 Å². The minimum Gasteiger partial charge on any atom is -0.444 e. The number of nitrogens with zero attached hydrogens (tertiary/aromatic N) is 2. The van der Waals surface area contributed by atoms with Gasteiger partial charge in [0.1, 0.15) is 5.60 Å². The normalized spacial score (nSPS) is 15.0. The zero-order valence-electron chi connectivity index (χ0n) is 14.1. The molecule has 0 atom stereocenters. The minimum absolute atomic E-state index is 0.0467. The fraction of sp³-hybridized carbons (Fsp3) is 0.471. The van der Waals surface area contributed by atoms with E-state index in [0.717, 1.165) is 11.1 Å². The zero-order valence-corrected chi connectivity index (χ0v) is 14.1. The molecule has 1 N–H and O–H groups in total. The minimum atomic E-state index is -0.538. The molecule has 0 unspecified atom stereocenters. The fourth-order valence-electron chi connectivity index (χ4n) is 2.54. The van der Waals surface area contributed by atoms with Crippen molar-refractivity contribution < 1.29 is 19.6 Å². The highest BCUT2D eigenvalue weighted by molar-refractivity contribution is 5.74. The van der Waals surface area contributed by atoms with E-state index in [-0.39, 0.29) is 18.4 Å². The van der Waals surface area contributed by atoms with Crippen molar-refractivity contribution in [2.75, 3.05) is 13.1 Å². The number of carbonyl (C=O) groups excluding carboxylic acids is 1. The van der Waals surface area contributed by atoms with Crippen LogP contribution in [0.4, 0.5) is 10.5 Å². The summed E-state index contributed by atoms with van der Waals surface area (Å²) in [4.78, 5) is 24.0. The summed E-state index contributed by atoms with van der Waals surface area (Å²) in [7, 11) is 0. The topological polar surface area (TPSA) is 92.9 Å². The van der Waals surface area contributed by atoms with Gasteiger partial charge in [0.15, 0.2) is 0 Å². The molecule has 0 bridgehead atoms. The fourth-order valence-corrected chi connectivity index (χ4v) is 2.54. The summed E-state index contributed by atoms with van der Waals surface area (Å²) in [6, 6.07) is 4.46. The van der Waals surface area contributed by atoms with E-state index in [9.17, 15) is 20.0 Å². The number of hydrogen-bond acceptors (Lipinski definition) is 5. The van der Waals surface area contributed by atoms with Crippen molar-refractivity contribution in [1.29, 1.82) is 0 Å². The molecule has 24 heavy (non-hydrogen) atoms. The van der Waals surface area contributed by atoms with E-state index in [1.165, 1.54) is 12.1 Å². The van der Waals surface area contributed by atoms with Crippen molar-refractivity contribution in [1.82, 2.24) is 4.90 Å². The Morgan fingerprint density at radius 3 is 2.62 bits per heavy atom. The van der Waals surface area contributed by atoms with E-state index in [1.807, 2.05) is 26.8 Å². The lowest BCUT2D eigenvalue weighted by atomic mass is 9.95. The Kier molecular flexibility index (Phi) is 5.23. The van der Waals surface area contributed by atoms with Crippen LogP contribution in [-0.2, 0) is 11.3 Å². The summed E-state index contributed by atoms with van der Waals surface area (Å²) in [5.41, 5.74) is 1.68. The molecule has 1 aromatic rings. The van der Waals surface area contributed by atoms with Crippen LogP contribution in [-0.4, -0.2) is 39.7 Å². The summed E-state index contributed by atoms with van der Waals surface area (Å²) < 4.78 is 5.35. The van der Waals surface area contributed by atoms with Crippen molar-refractivity contribution in [2.45, 2.75) is 39.4 Å². The predicted molar refractivity (Wildman–Crippen MR) is 89.4 cm³/mol. The van der Waals surface area contributed by atoms with Gasteiger partial charge in [-0.1, -0.05) is 6.08 Å². The Morgan fingerprint density at radius 2 is 2.12 bits per heavy atom. The van der Waals surface area contributed by atoms with Crippen molar-refractivity contribution in [3.63, 3.8) is 0 Å². The number of hydrogen-bond donors (Lipinski definition) is 1. The lowest BCUT2D eigenvalue weighted by molar-refractivity contribution is -0.384. The van der Waals surface area contributed by atoms with E-state index in [1.54, 1.807) is 11.0 Å². The molecule has 7 nitrogen and oxygen atoms in total. The van der Waals surface area contributed by atoms with Crippen LogP contribution in [0.25, 0.3) is 5.57 Å². The molecule has 1 aliphatic rings. The molecule has 0 aromatic heterocycles. The van der Waals surface area contributed by atoms with Crippen LogP contribution in [0.2, 0.25) is 0 Å². The van der Waals surface area contributed by atoms with Gasteiger partial charge in [-0.25, -0.2) is 4.79 Å². The largest absolute Gasteiger partial charge is 0.444 e. The van der Waals surface area contributed by atoms with Crippen LogP contribution in [0.1, 0.15) is 38.3 Å². The quantitative estimate of drug-likeness (QED) is 0.677. The SMILES string of the molecule is CC(C)(C)OC(=O)N1CC=C(c2ccc([N+](=O)[O-])cc2CO)CC1. The number of carbonyl (C=O) groups is 1. The van der Waals surface area contributed by atoms with E-state index in [4.69, 9.17) is 4.74 Å². The van der Waals surface area contributed by atoms with Crippen molar-refractivity contribution >= 4 is 17.4 Å². The van der Waals surface area contributed by atoms with Crippen LogP contribution >= 0.6 is 0 Å². The van der Waals surface area contributed by atoms with Gasteiger partial charge in [0.05, 0.1) is 11.5 Å². The molecule has 1 heterocycles. The highest BCUT2D eigenvalue weighted by atomic mass is 16.6. The smallest absolute Gasteiger partial charge is 0.410 e. The second-order valence-corrected chi connectivity index (χ2v) is 6.66. The number of aliphatic hydroxyl groups excluding tert-OH is 1. The number of nitro benzene ring substituents is 1. The number of benzene rings is 1. The van der Waals surface area contributed by atoms with E-state index >= 15 is 0 Å². The molecular weight excluding hydrogens is 312 g/mol. The molecule has 0 radical (unpaired) electrons. The molecule has 2 rings (SSSR count). The first-order valence-corrected chi connectivity index (χ1v) is 7.77. The third kappa shape index (κ3) is 4.32. The van der Waals surface area contributed by atoms with E-state index in [0.29, 0.717) is 25.1 Å². The van der Waals surface area contributed by atoms with Gasteiger partial charge in [0.2, 0.25) is 0 Å². The van der Waals surface area contributed by atoms with Gasteiger partial charge in [-0.15, -0.1) is 0 Å². The van der Waals surface area contributed by atoms with Crippen molar-refractivity contribution in [2.24, 2.45) is 0 Å². The Morgan fingerprint density at radius 1 is 1.42 bits per heavy atom. The molecule has 1 aromatic carbocycles. The lowest BCUT2D eigenvalue weighted by Crippen LogP contribution is -2.39. The van der Waals surface area contributed by atoms with Gasteiger partial charge in [-0.2, -0.15) is 0 Å². The van der Waals surface area contributed by atoms with Crippen molar-refractivity contribution in [3.8, 4) is 0 Å². The maximum atomic E-state index is 12.1. The Labute approximate surface area is 140 Å². The van der Waals surface area contributed by atoms with Crippen LogP contribution in [0.3, 0.4) is 0 Å². The van der Waals surface area contributed by atoms with Crippen LogP contribution < -0.4 is 0 Å². The first-order chi connectivity index (χ1) is 11.2. The van der Waals surface area contributed by atoms with Gasteiger partial charge in [0, 0.05) is 25.2 Å². The summed E-state index contributed by atoms with van der Waals surface area (Å²) in [5, 5.41) is 20.3. The maximum absolute atomic E-state index is 12.1. The molecule has 0 aliphatic carbocycles. The van der Waals surface area contributed by atoms with Gasteiger partial charge in [-0.3, -0.25) is 10.1 Å². The highest BCUT2D eigenvalue weighted by Crippen LogP contribution is 2.29. The summed E-state index contributed by atoms with van der Waals surface area (Å²) in [6.45, 7) is 6.10. The molecule has 7 heteroatoms. The zero-order chi connectivity index (χ0) is 17.9. The van der Waals surface area contributed by atoms with Gasteiger partial charge < -0.3 is 14.7 Å². The number of amides is 1. The van der Waals surface area contributed by atoms with Crippen LogP contribution in [0.5, 0.6) is 0 Å². The number of aliphatic hydroxyl groups is 1. The molecule has 0 saturated heterocycles. The van der Waals surface area contributed by atoms with Crippen LogP contribution in [0, 0.1) is 10.1 Å². The Bertz CT molecular complexity index is 676. The third-order valence-electron chi connectivity index (χ3n) is 3.68. The Hall–Kier alpha value is -2.41. The first kappa shape index (κ1) is 17.9. The third-order valence-corrected chi connectivity index (χ3v) is 3.68. The maximum Gasteiger partial charge on any atom is 0.410 e. The standard InChI is InChI=1S/C17H22N2O5/c1-17(2,3)24-16(21)18-8-6-12(7-9-18)15-5-4-14(19(22)23)10-13(15)11-20/h4-6,10,20H,7-9,11H2,1-3H3. The summed E-state index contributed by atoms with van der Waals surface area (Å²) in [5.74, 6) is 0. The molecule has 0 saturated carbocycles. The number of nitro groups is 1. The molecular formula is C17H22N2O5. The summed E-state index contributed by atoms with van der Waals surface area (Å²) >= 11 is 0. The monoisotopic (exact) mass is 334 g/mol. The molecule has 1 amide bonds. The Balaban J connectivity index is 2.15. The average Bonchev–Trinajstić information content (AvgIpc) is 2.52. The summed E-state index contributed by atoms with van der Waals surface area (Å²) in [6.07, 6.45) is 2.14. The second kappa shape index (κ2) is 7.00. The predicted octanol–water partition coefficient (Wildman–Crippen LogP) is 3.11. The molecule has 0 spiro atoms.